The third-order valence-electron chi connectivity index (χ3n) is 6.04. The zero-order valence-corrected chi connectivity index (χ0v) is 18.9. The lowest BCUT2D eigenvalue weighted by Gasteiger charge is -2.32. The SMILES string of the molecule is COc1ccc2cc(CNC(=O)NCc3ccc(CN4CCN(C)CC4)cc3)ccc2c1. The Hall–Kier alpha value is -3.09. The van der Waals surface area contributed by atoms with E-state index in [1.807, 2.05) is 24.3 Å². The number of carbonyl (C=O) groups excluding carboxylic acids is 1. The van der Waals surface area contributed by atoms with E-state index < -0.39 is 0 Å². The zero-order valence-electron chi connectivity index (χ0n) is 18.9. The van der Waals surface area contributed by atoms with Gasteiger partial charge in [0.25, 0.3) is 0 Å². The smallest absolute Gasteiger partial charge is 0.315 e. The molecule has 3 aromatic carbocycles. The predicted molar refractivity (Wildman–Crippen MR) is 129 cm³/mol. The monoisotopic (exact) mass is 432 g/mol. The predicted octanol–water partition coefficient (Wildman–Crippen LogP) is 3.60. The van der Waals surface area contributed by atoms with Gasteiger partial charge in [-0.2, -0.15) is 0 Å². The Bertz CT molecular complexity index is 1040. The fraction of sp³-hybridized carbons (Fsp3) is 0.346. The molecule has 168 valence electrons. The summed E-state index contributed by atoms with van der Waals surface area (Å²) >= 11 is 0. The van der Waals surface area contributed by atoms with Crippen molar-refractivity contribution in [1.29, 1.82) is 0 Å². The van der Waals surface area contributed by atoms with Gasteiger partial charge in [-0.15, -0.1) is 0 Å². The molecule has 0 saturated carbocycles. The summed E-state index contributed by atoms with van der Waals surface area (Å²) in [6.07, 6.45) is 0. The van der Waals surface area contributed by atoms with Crippen LogP contribution >= 0.6 is 0 Å². The molecule has 0 aromatic heterocycles. The molecule has 3 aromatic rings. The fourth-order valence-electron chi connectivity index (χ4n) is 3.96. The summed E-state index contributed by atoms with van der Waals surface area (Å²) in [4.78, 5) is 17.1. The maximum atomic E-state index is 12.2. The Balaban J connectivity index is 1.22. The quantitative estimate of drug-likeness (QED) is 0.599. The second kappa shape index (κ2) is 10.5. The minimum atomic E-state index is -0.165. The number of amides is 2. The highest BCUT2D eigenvalue weighted by Crippen LogP contribution is 2.21. The molecule has 2 N–H and O–H groups in total. The number of carbonyl (C=O) groups is 1. The summed E-state index contributed by atoms with van der Waals surface area (Å²) in [5, 5.41) is 8.13. The van der Waals surface area contributed by atoms with Crippen LogP contribution in [0.4, 0.5) is 4.79 Å². The van der Waals surface area contributed by atoms with Crippen molar-refractivity contribution in [2.75, 3.05) is 40.3 Å². The van der Waals surface area contributed by atoms with E-state index in [0.717, 1.165) is 60.4 Å². The van der Waals surface area contributed by atoms with Crippen LogP contribution in [0.5, 0.6) is 5.75 Å². The average Bonchev–Trinajstić information content (AvgIpc) is 2.83. The molecule has 0 spiro atoms. The summed E-state index contributed by atoms with van der Waals surface area (Å²) in [6, 6.07) is 20.5. The number of nitrogens with zero attached hydrogens (tertiary/aromatic N) is 2. The molecular formula is C26H32N4O2. The van der Waals surface area contributed by atoms with Crippen molar-refractivity contribution in [3.8, 4) is 5.75 Å². The van der Waals surface area contributed by atoms with E-state index in [-0.39, 0.29) is 6.03 Å². The Morgan fingerprint density at radius 3 is 2.12 bits per heavy atom. The summed E-state index contributed by atoms with van der Waals surface area (Å²) in [6.45, 7) is 6.48. The maximum absolute atomic E-state index is 12.2. The molecule has 1 aliphatic heterocycles. The first-order valence-corrected chi connectivity index (χ1v) is 11.2. The summed E-state index contributed by atoms with van der Waals surface area (Å²) in [5.74, 6) is 0.843. The number of fused-ring (bicyclic) bond motifs is 1. The molecule has 32 heavy (non-hydrogen) atoms. The molecule has 1 aliphatic rings. The van der Waals surface area contributed by atoms with E-state index in [0.29, 0.717) is 13.1 Å². The van der Waals surface area contributed by atoms with Gasteiger partial charge in [0.15, 0.2) is 0 Å². The molecule has 0 unspecified atom stereocenters. The van der Waals surface area contributed by atoms with Crippen LogP contribution in [-0.4, -0.2) is 56.2 Å². The van der Waals surface area contributed by atoms with E-state index in [1.165, 1.54) is 5.56 Å². The van der Waals surface area contributed by atoms with Crippen molar-refractivity contribution >= 4 is 16.8 Å². The molecule has 0 bridgehead atoms. The molecule has 1 saturated heterocycles. The maximum Gasteiger partial charge on any atom is 0.315 e. The first kappa shape index (κ1) is 22.1. The van der Waals surface area contributed by atoms with E-state index in [4.69, 9.17) is 4.74 Å². The Kier molecular flexibility index (Phi) is 7.24. The van der Waals surface area contributed by atoms with Crippen molar-refractivity contribution in [2.45, 2.75) is 19.6 Å². The molecule has 1 fully saturated rings. The molecule has 6 nitrogen and oxygen atoms in total. The number of ether oxygens (including phenoxy) is 1. The minimum Gasteiger partial charge on any atom is -0.497 e. The van der Waals surface area contributed by atoms with Crippen molar-refractivity contribution < 1.29 is 9.53 Å². The van der Waals surface area contributed by atoms with E-state index in [1.54, 1.807) is 7.11 Å². The molecule has 4 rings (SSSR count). The van der Waals surface area contributed by atoms with Gasteiger partial charge in [-0.3, -0.25) is 4.90 Å². The summed E-state index contributed by atoms with van der Waals surface area (Å²) < 4.78 is 5.27. The Morgan fingerprint density at radius 1 is 0.812 bits per heavy atom. The number of benzene rings is 3. The first-order valence-electron chi connectivity index (χ1n) is 11.2. The number of methoxy groups -OCH3 is 1. The first-order chi connectivity index (χ1) is 15.6. The van der Waals surface area contributed by atoms with Gasteiger partial charge in [0, 0.05) is 45.8 Å². The van der Waals surface area contributed by atoms with Crippen molar-refractivity contribution in [2.24, 2.45) is 0 Å². The van der Waals surface area contributed by atoms with Gasteiger partial charge in [-0.05, 0) is 52.7 Å². The molecule has 0 radical (unpaired) electrons. The highest BCUT2D eigenvalue weighted by atomic mass is 16.5. The van der Waals surface area contributed by atoms with Gasteiger partial charge in [0.1, 0.15) is 5.75 Å². The van der Waals surface area contributed by atoms with Gasteiger partial charge in [-0.25, -0.2) is 4.79 Å². The highest BCUT2D eigenvalue weighted by molar-refractivity contribution is 5.84. The van der Waals surface area contributed by atoms with Gasteiger partial charge >= 0.3 is 6.03 Å². The molecule has 0 atom stereocenters. The number of nitrogens with one attached hydrogen (secondary N) is 2. The van der Waals surface area contributed by atoms with Gasteiger partial charge in [0.2, 0.25) is 0 Å². The topological polar surface area (TPSA) is 56.8 Å². The molecule has 6 heteroatoms. The average molecular weight is 433 g/mol. The highest BCUT2D eigenvalue weighted by Gasteiger charge is 2.13. The lowest BCUT2D eigenvalue weighted by atomic mass is 10.1. The van der Waals surface area contributed by atoms with Crippen LogP contribution in [-0.2, 0) is 19.6 Å². The van der Waals surface area contributed by atoms with Gasteiger partial charge < -0.3 is 20.3 Å². The van der Waals surface area contributed by atoms with Crippen molar-refractivity contribution in [3.05, 3.63) is 77.4 Å². The second-order valence-electron chi connectivity index (χ2n) is 8.48. The molecular weight excluding hydrogens is 400 g/mol. The van der Waals surface area contributed by atoms with Crippen molar-refractivity contribution in [1.82, 2.24) is 20.4 Å². The van der Waals surface area contributed by atoms with Gasteiger partial charge in [0.05, 0.1) is 7.11 Å². The Morgan fingerprint density at radius 2 is 1.41 bits per heavy atom. The van der Waals surface area contributed by atoms with Crippen LogP contribution in [0.25, 0.3) is 10.8 Å². The summed E-state index contributed by atoms with van der Waals surface area (Å²) in [7, 11) is 3.84. The van der Waals surface area contributed by atoms with Crippen LogP contribution in [0.2, 0.25) is 0 Å². The summed E-state index contributed by atoms with van der Waals surface area (Å²) in [5.41, 5.74) is 3.48. The number of likely N-dealkylation sites (N-methyl/N-ethyl adjacent to an activating group) is 1. The molecule has 1 heterocycles. The third kappa shape index (κ3) is 5.99. The number of piperazine rings is 1. The second-order valence-corrected chi connectivity index (χ2v) is 8.48. The molecule has 2 amide bonds. The normalized spacial score (nSPS) is 14.9. The van der Waals surface area contributed by atoms with Crippen LogP contribution in [0.1, 0.15) is 16.7 Å². The van der Waals surface area contributed by atoms with Crippen LogP contribution < -0.4 is 15.4 Å². The Labute approximate surface area is 190 Å². The van der Waals surface area contributed by atoms with Crippen LogP contribution in [0.3, 0.4) is 0 Å². The minimum absolute atomic E-state index is 0.165. The lowest BCUT2D eigenvalue weighted by Crippen LogP contribution is -2.43. The van der Waals surface area contributed by atoms with Crippen molar-refractivity contribution in [3.63, 3.8) is 0 Å². The number of hydrogen-bond acceptors (Lipinski definition) is 4. The van der Waals surface area contributed by atoms with E-state index in [9.17, 15) is 4.79 Å². The third-order valence-corrected chi connectivity index (χ3v) is 6.04. The number of urea groups is 1. The van der Waals surface area contributed by atoms with Crippen LogP contribution in [0.15, 0.2) is 60.7 Å². The molecule has 0 aliphatic carbocycles. The van der Waals surface area contributed by atoms with Crippen LogP contribution in [0, 0.1) is 0 Å². The fourth-order valence-corrected chi connectivity index (χ4v) is 3.96. The lowest BCUT2D eigenvalue weighted by molar-refractivity contribution is 0.148. The van der Waals surface area contributed by atoms with E-state index in [2.05, 4.69) is 63.9 Å². The number of rotatable bonds is 7. The number of hydrogen-bond donors (Lipinski definition) is 2. The largest absolute Gasteiger partial charge is 0.497 e. The van der Waals surface area contributed by atoms with E-state index >= 15 is 0 Å². The van der Waals surface area contributed by atoms with Gasteiger partial charge in [-0.1, -0.05) is 42.5 Å². The zero-order chi connectivity index (χ0) is 22.3. The standard InChI is InChI=1S/C26H32N4O2/c1-29-11-13-30(14-12-29)19-21-5-3-20(4-6-21)17-27-26(31)28-18-22-7-8-24-16-25(32-2)10-9-23(24)15-22/h3-10,15-16H,11-14,17-19H2,1-2H3,(H2,27,28,31).